The maximum Gasteiger partial charge on any atom is -0.0440 e. The van der Waals surface area contributed by atoms with Crippen LogP contribution in [0.4, 0.5) is 0 Å². The summed E-state index contributed by atoms with van der Waals surface area (Å²) in [6, 6.07) is 0. The van der Waals surface area contributed by atoms with E-state index in [1.54, 1.807) is 0 Å². The summed E-state index contributed by atoms with van der Waals surface area (Å²) in [7, 11) is 0. The van der Waals surface area contributed by atoms with Crippen molar-refractivity contribution in [1.29, 1.82) is 0 Å². The Labute approximate surface area is 257 Å². The molecule has 0 aliphatic heterocycles. The molecular weight excluding hydrogens is 480 g/mol. The van der Waals surface area contributed by atoms with Gasteiger partial charge < -0.3 is 0 Å². The van der Waals surface area contributed by atoms with Crippen LogP contribution in [0.3, 0.4) is 0 Å². The lowest BCUT2D eigenvalue weighted by molar-refractivity contribution is 0.335. The zero-order valence-corrected chi connectivity index (χ0v) is 29.5. The first kappa shape index (κ1) is 40.0. The Hall–Kier alpha value is 0. The van der Waals surface area contributed by atoms with Gasteiger partial charge in [0.1, 0.15) is 0 Å². The van der Waals surface area contributed by atoms with Gasteiger partial charge in [-0.05, 0) is 30.1 Å². The minimum atomic E-state index is 0.925. The number of hydrogen-bond donors (Lipinski definition) is 0. The number of unbranched alkanes of at least 4 members (excludes halogenated alkanes) is 19. The first-order chi connectivity index (χ1) is 19.5. The predicted molar refractivity (Wildman–Crippen MR) is 187 cm³/mol. The summed E-state index contributed by atoms with van der Waals surface area (Å²) in [5.41, 5.74) is 0. The highest BCUT2D eigenvalue weighted by atomic mass is 14.2. The third-order valence-electron chi connectivity index (χ3n) is 9.94. The molecule has 242 valence electrons. The second kappa shape index (κ2) is 31.9. The third kappa shape index (κ3) is 30.9. The van der Waals surface area contributed by atoms with Gasteiger partial charge in [-0.2, -0.15) is 0 Å². The van der Waals surface area contributed by atoms with E-state index in [-0.39, 0.29) is 0 Å². The van der Waals surface area contributed by atoms with Crippen LogP contribution >= 0.6 is 0 Å². The van der Waals surface area contributed by atoms with E-state index in [0.717, 1.165) is 23.7 Å². The molecule has 40 heavy (non-hydrogen) atoms. The van der Waals surface area contributed by atoms with E-state index in [2.05, 4.69) is 41.5 Å². The standard InChI is InChI=1S/C40H82/c1-7-9-11-12-13-14-15-16-17-18-19-20-21-22-23-24-25-27-31-38(4)33-29-35-40(6)36-39(5)34-28-32-37(3)30-26-10-8-2/h37-40H,7-36H2,1-6H3. The number of rotatable bonds is 33. The van der Waals surface area contributed by atoms with Crippen molar-refractivity contribution in [2.24, 2.45) is 23.7 Å². The van der Waals surface area contributed by atoms with Crippen LogP contribution in [-0.4, -0.2) is 0 Å². The molecule has 0 saturated carbocycles. The summed E-state index contributed by atoms with van der Waals surface area (Å²) in [5, 5.41) is 0. The molecule has 0 heteroatoms. The molecule has 0 aromatic heterocycles. The van der Waals surface area contributed by atoms with Gasteiger partial charge >= 0.3 is 0 Å². The Morgan fingerprint density at radius 2 is 0.475 bits per heavy atom. The van der Waals surface area contributed by atoms with Gasteiger partial charge in [-0.1, -0.05) is 228 Å². The first-order valence-electron chi connectivity index (χ1n) is 19.5. The normalized spacial score (nSPS) is 14.8. The van der Waals surface area contributed by atoms with E-state index in [9.17, 15) is 0 Å². The van der Waals surface area contributed by atoms with E-state index < -0.39 is 0 Å². The highest BCUT2D eigenvalue weighted by Gasteiger charge is 2.11. The molecule has 0 spiro atoms. The highest BCUT2D eigenvalue weighted by Crippen LogP contribution is 2.25. The Morgan fingerprint density at radius 3 is 0.825 bits per heavy atom. The second-order valence-electron chi connectivity index (χ2n) is 14.8. The van der Waals surface area contributed by atoms with Crippen LogP contribution in [0, 0.1) is 23.7 Å². The Kier molecular flexibility index (Phi) is 31.9. The zero-order valence-electron chi connectivity index (χ0n) is 29.5. The van der Waals surface area contributed by atoms with Gasteiger partial charge in [-0.25, -0.2) is 0 Å². The fraction of sp³-hybridized carbons (Fsp3) is 1.00. The molecule has 0 aromatic rings. The molecule has 0 fully saturated rings. The van der Waals surface area contributed by atoms with Crippen LogP contribution < -0.4 is 0 Å². The van der Waals surface area contributed by atoms with Gasteiger partial charge in [0.05, 0.1) is 0 Å². The topological polar surface area (TPSA) is 0 Å². The smallest absolute Gasteiger partial charge is 0.0440 e. The molecule has 0 bridgehead atoms. The second-order valence-corrected chi connectivity index (χ2v) is 14.8. The molecule has 0 saturated heterocycles. The van der Waals surface area contributed by atoms with Crippen LogP contribution in [-0.2, 0) is 0 Å². The van der Waals surface area contributed by atoms with Crippen molar-refractivity contribution >= 4 is 0 Å². The van der Waals surface area contributed by atoms with E-state index in [4.69, 9.17) is 0 Å². The monoisotopic (exact) mass is 563 g/mol. The molecule has 4 atom stereocenters. The Balaban J connectivity index is 3.39. The fourth-order valence-corrected chi connectivity index (χ4v) is 6.98. The maximum atomic E-state index is 2.52. The van der Waals surface area contributed by atoms with Crippen molar-refractivity contribution in [3.63, 3.8) is 0 Å². The largest absolute Gasteiger partial charge is 0.0654 e. The molecule has 0 rings (SSSR count). The molecule has 0 nitrogen and oxygen atoms in total. The molecule has 0 aliphatic rings. The number of hydrogen-bond acceptors (Lipinski definition) is 0. The zero-order chi connectivity index (χ0) is 29.5. The Morgan fingerprint density at radius 1 is 0.250 bits per heavy atom. The van der Waals surface area contributed by atoms with E-state index in [1.807, 2.05) is 0 Å². The lowest BCUT2D eigenvalue weighted by Crippen LogP contribution is -2.05. The van der Waals surface area contributed by atoms with Gasteiger partial charge in [-0.3, -0.25) is 0 Å². The van der Waals surface area contributed by atoms with Crippen LogP contribution in [0.1, 0.15) is 234 Å². The lowest BCUT2D eigenvalue weighted by atomic mass is 9.87. The minimum absolute atomic E-state index is 0.925. The molecule has 4 unspecified atom stereocenters. The SMILES string of the molecule is CCCCCCCCCCCCCCCCCCCCC(C)CCCC(C)CC(C)CCCC(C)CCCCC. The first-order valence-corrected chi connectivity index (χ1v) is 19.5. The molecule has 0 radical (unpaired) electrons. The maximum absolute atomic E-state index is 2.52. The van der Waals surface area contributed by atoms with Gasteiger partial charge in [0.15, 0.2) is 0 Å². The average Bonchev–Trinajstić information content (AvgIpc) is 2.92. The summed E-state index contributed by atoms with van der Waals surface area (Å²) in [6.07, 6.45) is 43.9. The Bertz CT molecular complexity index is 453. The molecular formula is C40H82. The van der Waals surface area contributed by atoms with E-state index >= 15 is 0 Å². The van der Waals surface area contributed by atoms with Crippen molar-refractivity contribution in [2.45, 2.75) is 234 Å². The molecule has 0 N–H and O–H groups in total. The van der Waals surface area contributed by atoms with Gasteiger partial charge in [0, 0.05) is 0 Å². The summed E-state index contributed by atoms with van der Waals surface area (Å²) in [4.78, 5) is 0. The average molecular weight is 563 g/mol. The fourth-order valence-electron chi connectivity index (χ4n) is 6.98. The summed E-state index contributed by atoms with van der Waals surface area (Å²) in [6.45, 7) is 14.7. The van der Waals surface area contributed by atoms with Crippen LogP contribution in [0.2, 0.25) is 0 Å². The molecule has 0 aliphatic carbocycles. The minimum Gasteiger partial charge on any atom is -0.0654 e. The van der Waals surface area contributed by atoms with Crippen molar-refractivity contribution in [1.82, 2.24) is 0 Å². The van der Waals surface area contributed by atoms with Gasteiger partial charge in [-0.15, -0.1) is 0 Å². The summed E-state index contributed by atoms with van der Waals surface area (Å²) >= 11 is 0. The summed E-state index contributed by atoms with van der Waals surface area (Å²) < 4.78 is 0. The van der Waals surface area contributed by atoms with Gasteiger partial charge in [0.2, 0.25) is 0 Å². The van der Waals surface area contributed by atoms with Crippen LogP contribution in [0.15, 0.2) is 0 Å². The van der Waals surface area contributed by atoms with Crippen molar-refractivity contribution in [3.8, 4) is 0 Å². The lowest BCUT2D eigenvalue weighted by Gasteiger charge is -2.19. The van der Waals surface area contributed by atoms with Crippen LogP contribution in [0.25, 0.3) is 0 Å². The highest BCUT2D eigenvalue weighted by molar-refractivity contribution is 4.64. The summed E-state index contributed by atoms with van der Waals surface area (Å²) in [5.74, 6) is 3.74. The quantitative estimate of drug-likeness (QED) is 0.0698. The molecule has 0 heterocycles. The van der Waals surface area contributed by atoms with Crippen molar-refractivity contribution in [3.05, 3.63) is 0 Å². The van der Waals surface area contributed by atoms with Crippen molar-refractivity contribution in [2.75, 3.05) is 0 Å². The third-order valence-corrected chi connectivity index (χ3v) is 9.94. The molecule has 0 aromatic carbocycles. The molecule has 0 amide bonds. The van der Waals surface area contributed by atoms with E-state index in [1.165, 1.54) is 193 Å². The van der Waals surface area contributed by atoms with Crippen molar-refractivity contribution < 1.29 is 0 Å². The van der Waals surface area contributed by atoms with E-state index in [0.29, 0.717) is 0 Å². The van der Waals surface area contributed by atoms with Crippen LogP contribution in [0.5, 0.6) is 0 Å². The van der Waals surface area contributed by atoms with Gasteiger partial charge in [0.25, 0.3) is 0 Å². The predicted octanol–water partition coefficient (Wildman–Crippen LogP) is 15.3.